The molecule has 10 heteroatoms. The van der Waals surface area contributed by atoms with Crippen LogP contribution in [0.15, 0.2) is 28.8 Å². The molecule has 0 spiro atoms. The lowest BCUT2D eigenvalue weighted by Gasteiger charge is -2.06. The second-order valence-corrected chi connectivity index (χ2v) is 7.30. The van der Waals surface area contributed by atoms with E-state index in [-0.39, 0.29) is 5.91 Å². The summed E-state index contributed by atoms with van der Waals surface area (Å²) < 4.78 is 13.0. The van der Waals surface area contributed by atoms with Crippen LogP contribution in [0.3, 0.4) is 0 Å². The first-order valence-electron chi connectivity index (χ1n) is 9.53. The summed E-state index contributed by atoms with van der Waals surface area (Å²) >= 11 is 5.25. The van der Waals surface area contributed by atoms with Gasteiger partial charge >= 0.3 is 0 Å². The van der Waals surface area contributed by atoms with Gasteiger partial charge in [0, 0.05) is 24.4 Å². The Morgan fingerprint density at radius 1 is 1.38 bits per heavy atom. The molecule has 0 unspecified atom stereocenters. The van der Waals surface area contributed by atoms with Gasteiger partial charge in [0.25, 0.3) is 0 Å². The lowest BCUT2D eigenvalue weighted by Crippen LogP contribution is -2.24. The van der Waals surface area contributed by atoms with Crippen molar-refractivity contribution in [2.24, 2.45) is 0 Å². The topological polar surface area (TPSA) is 111 Å². The van der Waals surface area contributed by atoms with Gasteiger partial charge < -0.3 is 14.6 Å². The van der Waals surface area contributed by atoms with Crippen LogP contribution in [0.1, 0.15) is 43.4 Å². The molecule has 152 valence electrons. The molecule has 4 rings (SSSR count). The van der Waals surface area contributed by atoms with Gasteiger partial charge in [0.2, 0.25) is 17.6 Å². The molecule has 29 heavy (non-hydrogen) atoms. The fourth-order valence-electron chi connectivity index (χ4n) is 3.05. The van der Waals surface area contributed by atoms with E-state index in [1.165, 1.54) is 0 Å². The fourth-order valence-corrected chi connectivity index (χ4v) is 3.35. The molecule has 2 aromatic heterocycles. The van der Waals surface area contributed by atoms with Crippen molar-refractivity contribution in [3.63, 3.8) is 0 Å². The van der Waals surface area contributed by atoms with Crippen molar-refractivity contribution in [1.82, 2.24) is 30.2 Å². The number of ether oxygens (including phenoxy) is 1. The quantitative estimate of drug-likeness (QED) is 0.518. The standard InChI is InChI=1S/C19H22N6O3S/c1-27-14-9-5-12(6-10-14)18-21-17(28-24-18)4-2-3-16(26)20-11-15-22-23-19(29)25(15)13-7-8-13/h5-6,9-10,13H,2-4,7-8,11H2,1H3,(H,20,26)(H,23,29). The number of carbonyl (C=O) groups excluding carboxylic acids is 1. The highest BCUT2D eigenvalue weighted by atomic mass is 32.1. The Hall–Kier alpha value is -3.01. The zero-order chi connectivity index (χ0) is 20.2. The van der Waals surface area contributed by atoms with Gasteiger partial charge in [-0.1, -0.05) is 5.16 Å². The molecular formula is C19H22N6O3S. The number of hydrogen-bond donors (Lipinski definition) is 2. The van der Waals surface area contributed by atoms with Crippen LogP contribution in [-0.2, 0) is 17.8 Å². The van der Waals surface area contributed by atoms with Crippen LogP contribution in [0.5, 0.6) is 5.75 Å². The normalized spacial score (nSPS) is 13.4. The third-order valence-corrected chi connectivity index (χ3v) is 5.03. The Bertz CT molecular complexity index is 1030. The lowest BCUT2D eigenvalue weighted by atomic mass is 10.2. The van der Waals surface area contributed by atoms with Crippen LogP contribution in [0.2, 0.25) is 0 Å². The number of aromatic amines is 1. The molecule has 9 nitrogen and oxygen atoms in total. The van der Waals surface area contributed by atoms with Gasteiger partial charge in [-0.3, -0.25) is 14.5 Å². The number of aryl methyl sites for hydroxylation is 1. The van der Waals surface area contributed by atoms with Crippen molar-refractivity contribution < 1.29 is 14.1 Å². The third-order valence-electron chi connectivity index (χ3n) is 4.74. The van der Waals surface area contributed by atoms with Gasteiger partial charge in [0.1, 0.15) is 5.75 Å². The molecule has 1 amide bonds. The van der Waals surface area contributed by atoms with Crippen LogP contribution >= 0.6 is 12.2 Å². The minimum atomic E-state index is -0.0452. The van der Waals surface area contributed by atoms with Crippen molar-refractivity contribution in [2.45, 2.75) is 44.7 Å². The smallest absolute Gasteiger partial charge is 0.226 e. The molecule has 0 radical (unpaired) electrons. The van der Waals surface area contributed by atoms with Gasteiger partial charge in [-0.2, -0.15) is 10.1 Å². The SMILES string of the molecule is COc1ccc(-c2noc(CCCC(=O)NCc3n[nH]c(=S)n3C3CC3)n2)cc1. The van der Waals surface area contributed by atoms with E-state index in [0.29, 0.717) is 48.3 Å². The van der Waals surface area contributed by atoms with Crippen molar-refractivity contribution in [2.75, 3.05) is 7.11 Å². The summed E-state index contributed by atoms with van der Waals surface area (Å²) in [6.45, 7) is 0.366. The average molecular weight is 414 g/mol. The Balaban J connectivity index is 1.23. The van der Waals surface area contributed by atoms with Crippen LogP contribution < -0.4 is 10.1 Å². The maximum Gasteiger partial charge on any atom is 0.226 e. The highest BCUT2D eigenvalue weighted by Gasteiger charge is 2.27. The van der Waals surface area contributed by atoms with Gasteiger partial charge in [0.05, 0.1) is 13.7 Å². The molecule has 1 aliphatic rings. The highest BCUT2D eigenvalue weighted by Crippen LogP contribution is 2.35. The zero-order valence-electron chi connectivity index (χ0n) is 16.1. The number of aromatic nitrogens is 5. The number of nitrogens with one attached hydrogen (secondary N) is 2. The number of rotatable bonds is 9. The summed E-state index contributed by atoms with van der Waals surface area (Å²) in [5.74, 6) is 2.53. The summed E-state index contributed by atoms with van der Waals surface area (Å²) in [6, 6.07) is 7.86. The van der Waals surface area contributed by atoms with Crippen molar-refractivity contribution in [3.8, 4) is 17.1 Å². The van der Waals surface area contributed by atoms with Crippen LogP contribution in [0, 0.1) is 4.77 Å². The summed E-state index contributed by atoms with van der Waals surface area (Å²) in [5.41, 5.74) is 0.850. The number of methoxy groups -OCH3 is 1. The molecule has 2 N–H and O–H groups in total. The van der Waals surface area contributed by atoms with E-state index < -0.39 is 0 Å². The van der Waals surface area contributed by atoms with Crippen molar-refractivity contribution in [3.05, 3.63) is 40.8 Å². The first-order valence-corrected chi connectivity index (χ1v) is 9.94. The Morgan fingerprint density at radius 2 is 2.17 bits per heavy atom. The molecule has 0 atom stereocenters. The van der Waals surface area contributed by atoms with Gasteiger partial charge in [-0.25, -0.2) is 0 Å². The molecule has 1 aliphatic carbocycles. The van der Waals surface area contributed by atoms with E-state index in [1.807, 2.05) is 28.8 Å². The monoisotopic (exact) mass is 414 g/mol. The molecular weight excluding hydrogens is 392 g/mol. The molecule has 1 saturated carbocycles. The molecule has 2 heterocycles. The minimum absolute atomic E-state index is 0.0452. The van der Waals surface area contributed by atoms with Gasteiger partial charge in [0.15, 0.2) is 10.6 Å². The summed E-state index contributed by atoms with van der Waals surface area (Å²) in [7, 11) is 1.62. The molecule has 0 aliphatic heterocycles. The second kappa shape index (κ2) is 8.56. The molecule has 3 aromatic rings. The van der Waals surface area contributed by atoms with E-state index >= 15 is 0 Å². The minimum Gasteiger partial charge on any atom is -0.497 e. The predicted molar refractivity (Wildman–Crippen MR) is 107 cm³/mol. The number of benzene rings is 1. The van der Waals surface area contributed by atoms with Gasteiger partial charge in [-0.15, -0.1) is 0 Å². The van der Waals surface area contributed by atoms with E-state index in [1.54, 1.807) is 7.11 Å². The van der Waals surface area contributed by atoms with E-state index in [0.717, 1.165) is 30.0 Å². The summed E-state index contributed by atoms with van der Waals surface area (Å²) in [5, 5.41) is 13.9. The second-order valence-electron chi connectivity index (χ2n) is 6.92. The largest absolute Gasteiger partial charge is 0.497 e. The Morgan fingerprint density at radius 3 is 2.90 bits per heavy atom. The summed E-state index contributed by atoms with van der Waals surface area (Å²) in [4.78, 5) is 16.5. The number of hydrogen-bond acceptors (Lipinski definition) is 7. The molecule has 1 fully saturated rings. The fraction of sp³-hybridized carbons (Fsp3) is 0.421. The molecule has 0 bridgehead atoms. The number of H-pyrrole nitrogens is 1. The highest BCUT2D eigenvalue weighted by molar-refractivity contribution is 7.71. The number of amides is 1. The third kappa shape index (κ3) is 4.70. The van der Waals surface area contributed by atoms with E-state index in [2.05, 4.69) is 25.7 Å². The maximum absolute atomic E-state index is 12.1. The van der Waals surface area contributed by atoms with E-state index in [4.69, 9.17) is 21.5 Å². The number of nitrogens with zero attached hydrogens (tertiary/aromatic N) is 4. The van der Waals surface area contributed by atoms with Gasteiger partial charge in [-0.05, 0) is 55.7 Å². The van der Waals surface area contributed by atoms with Crippen molar-refractivity contribution in [1.29, 1.82) is 0 Å². The maximum atomic E-state index is 12.1. The van der Waals surface area contributed by atoms with Crippen LogP contribution in [0.4, 0.5) is 0 Å². The van der Waals surface area contributed by atoms with Crippen molar-refractivity contribution >= 4 is 18.1 Å². The number of carbonyl (C=O) groups is 1. The average Bonchev–Trinajstić information content (AvgIpc) is 3.34. The molecule has 1 aromatic carbocycles. The van der Waals surface area contributed by atoms with Crippen LogP contribution in [-0.4, -0.2) is 37.9 Å². The Labute approximate surface area is 172 Å². The van der Waals surface area contributed by atoms with Crippen LogP contribution in [0.25, 0.3) is 11.4 Å². The summed E-state index contributed by atoms with van der Waals surface area (Å²) in [6.07, 6.45) is 3.74. The first kappa shape index (κ1) is 19.3. The predicted octanol–water partition coefficient (Wildman–Crippen LogP) is 2.97. The first-order chi connectivity index (χ1) is 14.1. The molecule has 0 saturated heterocycles. The Kier molecular flexibility index (Phi) is 5.70. The zero-order valence-corrected chi connectivity index (χ0v) is 16.9. The lowest BCUT2D eigenvalue weighted by molar-refractivity contribution is -0.121. The van der Waals surface area contributed by atoms with E-state index in [9.17, 15) is 4.79 Å².